The number of rotatable bonds is 7. The van der Waals surface area contributed by atoms with E-state index in [0.29, 0.717) is 19.8 Å². The van der Waals surface area contributed by atoms with E-state index in [-0.39, 0.29) is 6.29 Å². The van der Waals surface area contributed by atoms with Gasteiger partial charge in [-0.05, 0) is 32.4 Å². The molecule has 0 fully saturated rings. The highest BCUT2D eigenvalue weighted by Gasteiger charge is 2.06. The van der Waals surface area contributed by atoms with Crippen LogP contribution in [-0.2, 0) is 9.47 Å². The lowest BCUT2D eigenvalue weighted by Gasteiger charge is -2.13. The van der Waals surface area contributed by atoms with Gasteiger partial charge in [-0.25, -0.2) is 0 Å². The Kier molecular flexibility index (Phi) is 5.32. The number of H-pyrrole nitrogens is 1. The zero-order valence-electron chi connectivity index (χ0n) is 12.3. The summed E-state index contributed by atoms with van der Waals surface area (Å²) >= 11 is 0. The van der Waals surface area contributed by atoms with Crippen molar-refractivity contribution < 1.29 is 9.47 Å². The van der Waals surface area contributed by atoms with E-state index in [0.717, 1.165) is 11.1 Å². The smallest absolute Gasteiger partial charge is 0.176 e. The van der Waals surface area contributed by atoms with Crippen LogP contribution in [0.2, 0.25) is 0 Å². The molecular formula is C16H22N2O2. The van der Waals surface area contributed by atoms with Crippen molar-refractivity contribution in [3.05, 3.63) is 35.5 Å². The van der Waals surface area contributed by atoms with E-state index in [2.05, 4.69) is 35.1 Å². The average molecular weight is 274 g/mol. The van der Waals surface area contributed by atoms with E-state index >= 15 is 0 Å². The van der Waals surface area contributed by atoms with Gasteiger partial charge >= 0.3 is 0 Å². The molecule has 108 valence electrons. The van der Waals surface area contributed by atoms with Crippen LogP contribution in [0.3, 0.4) is 0 Å². The summed E-state index contributed by atoms with van der Waals surface area (Å²) in [5.74, 6) is 0. The molecule has 0 bridgehead atoms. The third-order valence-electron chi connectivity index (χ3n) is 3.06. The number of fused-ring (bicyclic) bond motifs is 1. The summed E-state index contributed by atoms with van der Waals surface area (Å²) < 4.78 is 10.9. The molecule has 0 unspecified atom stereocenters. The number of aromatic amines is 1. The van der Waals surface area contributed by atoms with Gasteiger partial charge in [0.2, 0.25) is 0 Å². The minimum Gasteiger partial charge on any atom is -0.360 e. The fourth-order valence-electron chi connectivity index (χ4n) is 2.13. The van der Waals surface area contributed by atoms with Crippen molar-refractivity contribution in [1.82, 2.24) is 4.98 Å². The highest BCUT2D eigenvalue weighted by molar-refractivity contribution is 5.99. The first-order valence-electron chi connectivity index (χ1n) is 7.05. The van der Waals surface area contributed by atoms with Gasteiger partial charge < -0.3 is 14.5 Å². The van der Waals surface area contributed by atoms with Crippen LogP contribution in [0.15, 0.2) is 29.4 Å². The number of nitrogens with one attached hydrogen (secondary N) is 1. The molecule has 0 radical (unpaired) electrons. The topological polar surface area (TPSA) is 46.6 Å². The Morgan fingerprint density at radius 3 is 2.70 bits per heavy atom. The maximum absolute atomic E-state index is 5.46. The Morgan fingerprint density at radius 2 is 2.00 bits per heavy atom. The molecular weight excluding hydrogens is 252 g/mol. The molecule has 2 aromatic rings. The van der Waals surface area contributed by atoms with E-state index in [1.807, 2.05) is 26.3 Å². The highest BCUT2D eigenvalue weighted by Crippen LogP contribution is 2.18. The molecule has 0 amide bonds. The normalized spacial score (nSPS) is 12.0. The minimum atomic E-state index is -0.256. The second-order valence-corrected chi connectivity index (χ2v) is 4.63. The largest absolute Gasteiger partial charge is 0.360 e. The Hall–Kier alpha value is -1.65. The molecule has 0 aliphatic rings. The second-order valence-electron chi connectivity index (χ2n) is 4.63. The Labute approximate surface area is 119 Å². The van der Waals surface area contributed by atoms with Crippen LogP contribution >= 0.6 is 0 Å². The van der Waals surface area contributed by atoms with Crippen LogP contribution in [-0.4, -0.2) is 37.2 Å². The van der Waals surface area contributed by atoms with Gasteiger partial charge in [-0.1, -0.05) is 12.1 Å². The predicted molar refractivity (Wildman–Crippen MR) is 82.5 cm³/mol. The zero-order valence-corrected chi connectivity index (χ0v) is 12.3. The Morgan fingerprint density at radius 1 is 1.25 bits per heavy atom. The van der Waals surface area contributed by atoms with Gasteiger partial charge in [-0.2, -0.15) is 0 Å². The first-order chi connectivity index (χ1) is 9.74. The molecule has 0 aliphatic carbocycles. The molecule has 0 atom stereocenters. The fraction of sp³-hybridized carbons (Fsp3) is 0.438. The summed E-state index contributed by atoms with van der Waals surface area (Å²) in [5.41, 5.74) is 3.47. The minimum absolute atomic E-state index is 0.256. The first kappa shape index (κ1) is 14.8. The Bertz CT molecular complexity index is 569. The van der Waals surface area contributed by atoms with Gasteiger partial charge in [-0.15, -0.1) is 0 Å². The Balaban J connectivity index is 2.05. The van der Waals surface area contributed by atoms with Gasteiger partial charge in [0.25, 0.3) is 0 Å². The van der Waals surface area contributed by atoms with Crippen LogP contribution in [0.5, 0.6) is 0 Å². The number of nitrogens with zero attached hydrogens (tertiary/aromatic N) is 1. The molecule has 1 heterocycles. The summed E-state index contributed by atoms with van der Waals surface area (Å²) in [7, 11) is 0. The summed E-state index contributed by atoms with van der Waals surface area (Å²) in [6.07, 6.45) is 3.59. The third-order valence-corrected chi connectivity index (χ3v) is 3.06. The van der Waals surface area contributed by atoms with Crippen LogP contribution in [0.1, 0.15) is 25.0 Å². The number of aromatic nitrogens is 1. The van der Waals surface area contributed by atoms with Gasteiger partial charge in [0.15, 0.2) is 6.29 Å². The zero-order chi connectivity index (χ0) is 14.4. The monoisotopic (exact) mass is 274 g/mol. The number of hydrogen-bond acceptors (Lipinski definition) is 3. The maximum Gasteiger partial charge on any atom is 0.176 e. The number of hydrogen-bond donors (Lipinski definition) is 1. The highest BCUT2D eigenvalue weighted by atomic mass is 16.7. The number of aliphatic imine (C=N–C) groups is 1. The fourth-order valence-corrected chi connectivity index (χ4v) is 2.13. The van der Waals surface area contributed by atoms with Crippen molar-refractivity contribution in [2.75, 3.05) is 19.8 Å². The molecule has 1 aromatic carbocycles. The van der Waals surface area contributed by atoms with E-state index in [1.54, 1.807) is 0 Å². The number of aryl methyl sites for hydroxylation is 1. The predicted octanol–water partition coefficient (Wildman–Crippen LogP) is 3.29. The lowest BCUT2D eigenvalue weighted by atomic mass is 10.1. The van der Waals surface area contributed by atoms with Gasteiger partial charge in [0.1, 0.15) is 0 Å². The number of benzene rings is 1. The standard InChI is InChI=1S/C16H22N2O2/c1-4-19-16(20-5-2)11-17-9-13-10-18-15-8-12(3)6-7-14(13)15/h6-10,16,18H,4-5,11H2,1-3H3. The summed E-state index contributed by atoms with van der Waals surface area (Å²) in [4.78, 5) is 7.69. The van der Waals surface area contributed by atoms with Crippen molar-refractivity contribution in [2.45, 2.75) is 27.1 Å². The van der Waals surface area contributed by atoms with Crippen molar-refractivity contribution in [2.24, 2.45) is 4.99 Å². The third kappa shape index (κ3) is 3.68. The molecule has 0 saturated heterocycles. The van der Waals surface area contributed by atoms with Crippen molar-refractivity contribution in [3.63, 3.8) is 0 Å². The van der Waals surface area contributed by atoms with E-state index in [1.165, 1.54) is 10.9 Å². The van der Waals surface area contributed by atoms with E-state index in [4.69, 9.17) is 9.47 Å². The van der Waals surface area contributed by atoms with Crippen LogP contribution in [0, 0.1) is 6.92 Å². The first-order valence-corrected chi connectivity index (χ1v) is 7.05. The van der Waals surface area contributed by atoms with Gasteiger partial charge in [0.05, 0.1) is 6.54 Å². The molecule has 0 saturated carbocycles. The summed E-state index contributed by atoms with van der Waals surface area (Å²) in [5, 5.41) is 1.18. The summed E-state index contributed by atoms with van der Waals surface area (Å²) in [6.45, 7) is 7.78. The van der Waals surface area contributed by atoms with E-state index in [9.17, 15) is 0 Å². The van der Waals surface area contributed by atoms with E-state index < -0.39 is 0 Å². The van der Waals surface area contributed by atoms with Crippen molar-refractivity contribution >= 4 is 17.1 Å². The lowest BCUT2D eigenvalue weighted by Crippen LogP contribution is -2.20. The van der Waals surface area contributed by atoms with Gasteiger partial charge in [0, 0.05) is 42.1 Å². The molecule has 1 N–H and O–H groups in total. The van der Waals surface area contributed by atoms with Gasteiger partial charge in [-0.3, -0.25) is 4.99 Å². The lowest BCUT2D eigenvalue weighted by molar-refractivity contribution is -0.128. The molecule has 0 aliphatic heterocycles. The van der Waals surface area contributed by atoms with Crippen LogP contribution in [0.25, 0.3) is 10.9 Å². The van der Waals surface area contributed by atoms with Crippen molar-refractivity contribution in [1.29, 1.82) is 0 Å². The molecule has 4 heteroatoms. The molecule has 0 spiro atoms. The maximum atomic E-state index is 5.46. The summed E-state index contributed by atoms with van der Waals surface area (Å²) in [6, 6.07) is 6.36. The average Bonchev–Trinajstić information content (AvgIpc) is 2.81. The molecule has 1 aromatic heterocycles. The quantitative estimate of drug-likeness (QED) is 0.622. The second kappa shape index (κ2) is 7.22. The number of ether oxygens (including phenoxy) is 2. The van der Waals surface area contributed by atoms with Crippen LogP contribution < -0.4 is 0 Å². The van der Waals surface area contributed by atoms with Crippen LogP contribution in [0.4, 0.5) is 0 Å². The molecule has 4 nitrogen and oxygen atoms in total. The van der Waals surface area contributed by atoms with Crippen molar-refractivity contribution in [3.8, 4) is 0 Å². The molecule has 20 heavy (non-hydrogen) atoms. The SMILES string of the molecule is CCOC(CN=Cc1c[nH]c2cc(C)ccc12)OCC. The molecule has 2 rings (SSSR count).